The Labute approximate surface area is 137 Å². The quantitative estimate of drug-likeness (QED) is 0.668. The van der Waals surface area contributed by atoms with Crippen LogP contribution in [0.2, 0.25) is 0 Å². The van der Waals surface area contributed by atoms with Gasteiger partial charge in [0.2, 0.25) is 0 Å². The minimum Gasteiger partial charge on any atom is -0.352 e. The molecular formula is C17H15N3O4. The number of nitro benzene ring substituents is 1. The lowest BCUT2D eigenvalue weighted by Crippen LogP contribution is -2.31. The van der Waals surface area contributed by atoms with E-state index in [1.54, 1.807) is 12.1 Å². The highest BCUT2D eigenvalue weighted by molar-refractivity contribution is 6.06. The van der Waals surface area contributed by atoms with Gasteiger partial charge in [0.15, 0.2) is 0 Å². The van der Waals surface area contributed by atoms with Gasteiger partial charge in [-0.05, 0) is 37.1 Å². The average Bonchev–Trinajstić information content (AvgIpc) is 2.55. The summed E-state index contributed by atoms with van der Waals surface area (Å²) < 4.78 is 0. The van der Waals surface area contributed by atoms with Crippen LogP contribution in [-0.2, 0) is 6.42 Å². The first-order valence-electron chi connectivity index (χ1n) is 7.44. The SMILES string of the molecule is Cc1c(C(=O)Nc2ccc3c(c2)C(=O)NCC3)cccc1[N+](=O)[O-]. The Morgan fingerprint density at radius 1 is 1.29 bits per heavy atom. The Balaban J connectivity index is 1.88. The number of rotatable bonds is 3. The molecule has 2 amide bonds. The van der Waals surface area contributed by atoms with Crippen molar-refractivity contribution < 1.29 is 14.5 Å². The van der Waals surface area contributed by atoms with E-state index >= 15 is 0 Å². The van der Waals surface area contributed by atoms with Crippen molar-refractivity contribution in [1.82, 2.24) is 5.32 Å². The molecule has 1 aliphatic heterocycles. The van der Waals surface area contributed by atoms with Crippen molar-refractivity contribution in [1.29, 1.82) is 0 Å². The summed E-state index contributed by atoms with van der Waals surface area (Å²) in [5.74, 6) is -0.619. The van der Waals surface area contributed by atoms with Crippen molar-refractivity contribution in [2.24, 2.45) is 0 Å². The number of hydrogen-bond donors (Lipinski definition) is 2. The molecule has 0 fully saturated rings. The first-order chi connectivity index (χ1) is 11.5. The fraction of sp³-hybridized carbons (Fsp3) is 0.176. The van der Waals surface area contributed by atoms with Crippen LogP contribution in [0.1, 0.15) is 31.8 Å². The number of carbonyl (C=O) groups excluding carboxylic acids is 2. The molecule has 0 aliphatic carbocycles. The Hall–Kier alpha value is -3.22. The van der Waals surface area contributed by atoms with E-state index in [0.29, 0.717) is 23.4 Å². The second-order valence-corrected chi connectivity index (χ2v) is 5.54. The molecule has 0 spiro atoms. The van der Waals surface area contributed by atoms with Gasteiger partial charge in [-0.3, -0.25) is 19.7 Å². The van der Waals surface area contributed by atoms with E-state index in [1.165, 1.54) is 25.1 Å². The maximum absolute atomic E-state index is 12.4. The maximum Gasteiger partial charge on any atom is 0.273 e. The lowest BCUT2D eigenvalue weighted by molar-refractivity contribution is -0.385. The standard InChI is InChI=1S/C17H15N3O4/c1-10-13(3-2-4-15(10)20(23)24)17(22)19-12-6-5-11-7-8-18-16(21)14(11)9-12/h2-6,9H,7-8H2,1H3,(H,18,21)(H,19,22). The molecule has 0 unspecified atom stereocenters. The summed E-state index contributed by atoms with van der Waals surface area (Å²) in [6.45, 7) is 2.14. The number of nitro groups is 1. The summed E-state index contributed by atoms with van der Waals surface area (Å²) in [6.07, 6.45) is 0.749. The fourth-order valence-electron chi connectivity index (χ4n) is 2.76. The van der Waals surface area contributed by atoms with E-state index in [2.05, 4.69) is 10.6 Å². The summed E-state index contributed by atoms with van der Waals surface area (Å²) in [6, 6.07) is 9.51. The molecule has 0 radical (unpaired) electrons. The number of nitrogens with one attached hydrogen (secondary N) is 2. The van der Waals surface area contributed by atoms with E-state index in [4.69, 9.17) is 0 Å². The molecule has 0 saturated heterocycles. The molecule has 0 bridgehead atoms. The number of carbonyl (C=O) groups is 2. The summed E-state index contributed by atoms with van der Waals surface area (Å²) in [4.78, 5) is 34.8. The van der Waals surface area contributed by atoms with Crippen LogP contribution in [0.25, 0.3) is 0 Å². The second-order valence-electron chi connectivity index (χ2n) is 5.54. The van der Waals surface area contributed by atoms with Crippen LogP contribution in [0, 0.1) is 17.0 Å². The predicted molar refractivity (Wildman–Crippen MR) is 88.3 cm³/mol. The minimum absolute atomic E-state index is 0.104. The predicted octanol–water partition coefficient (Wildman–Crippen LogP) is 2.44. The third-order valence-electron chi connectivity index (χ3n) is 4.04. The number of fused-ring (bicyclic) bond motifs is 1. The van der Waals surface area contributed by atoms with Gasteiger partial charge in [0, 0.05) is 35.0 Å². The molecule has 7 heteroatoms. The van der Waals surface area contributed by atoms with Gasteiger partial charge in [0.25, 0.3) is 17.5 Å². The Kier molecular flexibility index (Phi) is 3.99. The highest BCUT2D eigenvalue weighted by Gasteiger charge is 2.20. The molecule has 2 aromatic carbocycles. The number of hydrogen-bond acceptors (Lipinski definition) is 4. The van der Waals surface area contributed by atoms with Crippen LogP contribution >= 0.6 is 0 Å². The lowest BCUT2D eigenvalue weighted by atomic mass is 9.99. The van der Waals surface area contributed by atoms with Crippen LogP contribution < -0.4 is 10.6 Å². The largest absolute Gasteiger partial charge is 0.352 e. The number of anilines is 1. The Bertz CT molecular complexity index is 861. The summed E-state index contributed by atoms with van der Waals surface area (Å²) in [5.41, 5.74) is 2.37. The molecule has 0 aromatic heterocycles. The van der Waals surface area contributed by atoms with Gasteiger partial charge in [-0.2, -0.15) is 0 Å². The summed E-state index contributed by atoms with van der Waals surface area (Å²) >= 11 is 0. The first kappa shape index (κ1) is 15.7. The zero-order chi connectivity index (χ0) is 17.3. The van der Waals surface area contributed by atoms with E-state index < -0.39 is 10.8 Å². The topological polar surface area (TPSA) is 101 Å². The van der Waals surface area contributed by atoms with Crippen LogP contribution in [0.4, 0.5) is 11.4 Å². The second kappa shape index (κ2) is 6.11. The smallest absolute Gasteiger partial charge is 0.273 e. The molecule has 24 heavy (non-hydrogen) atoms. The third-order valence-corrected chi connectivity index (χ3v) is 4.04. The van der Waals surface area contributed by atoms with Crippen molar-refractivity contribution in [2.45, 2.75) is 13.3 Å². The third kappa shape index (κ3) is 2.83. The van der Waals surface area contributed by atoms with Crippen LogP contribution in [-0.4, -0.2) is 23.3 Å². The van der Waals surface area contributed by atoms with Gasteiger partial charge >= 0.3 is 0 Å². The number of nitrogens with zero attached hydrogens (tertiary/aromatic N) is 1. The van der Waals surface area contributed by atoms with Gasteiger partial charge < -0.3 is 10.6 Å². The molecular weight excluding hydrogens is 310 g/mol. The zero-order valence-corrected chi connectivity index (χ0v) is 13.0. The lowest BCUT2D eigenvalue weighted by Gasteiger charge is -2.17. The van der Waals surface area contributed by atoms with Gasteiger partial charge in [0.05, 0.1) is 4.92 Å². The molecule has 2 aromatic rings. The fourth-order valence-corrected chi connectivity index (χ4v) is 2.76. The normalized spacial score (nSPS) is 13.0. The van der Waals surface area contributed by atoms with Crippen molar-refractivity contribution >= 4 is 23.2 Å². The minimum atomic E-state index is -0.519. The molecule has 2 N–H and O–H groups in total. The Morgan fingerprint density at radius 2 is 2.08 bits per heavy atom. The van der Waals surface area contributed by atoms with E-state index in [0.717, 1.165) is 12.0 Å². The van der Waals surface area contributed by atoms with Crippen molar-refractivity contribution in [3.05, 3.63) is 68.8 Å². The van der Waals surface area contributed by atoms with Crippen LogP contribution in [0.15, 0.2) is 36.4 Å². The highest BCUT2D eigenvalue weighted by Crippen LogP contribution is 2.23. The highest BCUT2D eigenvalue weighted by atomic mass is 16.6. The van der Waals surface area contributed by atoms with Gasteiger partial charge in [0.1, 0.15) is 0 Å². The van der Waals surface area contributed by atoms with Crippen molar-refractivity contribution in [3.63, 3.8) is 0 Å². The summed E-state index contributed by atoms with van der Waals surface area (Å²) in [7, 11) is 0. The zero-order valence-electron chi connectivity index (χ0n) is 13.0. The monoisotopic (exact) mass is 325 g/mol. The van der Waals surface area contributed by atoms with Crippen molar-refractivity contribution in [3.8, 4) is 0 Å². The van der Waals surface area contributed by atoms with E-state index in [-0.39, 0.29) is 17.2 Å². The molecule has 0 atom stereocenters. The number of benzene rings is 2. The average molecular weight is 325 g/mol. The number of amides is 2. The first-order valence-corrected chi connectivity index (χ1v) is 7.44. The summed E-state index contributed by atoms with van der Waals surface area (Å²) in [5, 5.41) is 16.4. The van der Waals surface area contributed by atoms with E-state index in [1.807, 2.05) is 6.07 Å². The molecule has 0 saturated carbocycles. The van der Waals surface area contributed by atoms with Crippen LogP contribution in [0.5, 0.6) is 0 Å². The molecule has 3 rings (SSSR count). The van der Waals surface area contributed by atoms with Gasteiger partial charge in [-0.1, -0.05) is 12.1 Å². The maximum atomic E-state index is 12.4. The van der Waals surface area contributed by atoms with E-state index in [9.17, 15) is 19.7 Å². The molecule has 1 heterocycles. The molecule has 1 aliphatic rings. The van der Waals surface area contributed by atoms with Crippen molar-refractivity contribution in [2.75, 3.05) is 11.9 Å². The molecule has 7 nitrogen and oxygen atoms in total. The van der Waals surface area contributed by atoms with Gasteiger partial charge in [-0.25, -0.2) is 0 Å². The van der Waals surface area contributed by atoms with Gasteiger partial charge in [-0.15, -0.1) is 0 Å². The molecule has 122 valence electrons. The van der Waals surface area contributed by atoms with Crippen LogP contribution in [0.3, 0.4) is 0 Å². The Morgan fingerprint density at radius 3 is 2.83 bits per heavy atom.